The van der Waals surface area contributed by atoms with E-state index in [1.807, 2.05) is 68.4 Å². The van der Waals surface area contributed by atoms with Crippen LogP contribution < -0.4 is 10.1 Å². The molecule has 0 fully saturated rings. The number of rotatable bonds is 7. The third kappa shape index (κ3) is 4.40. The SMILES string of the molecule is CCOc1ccc(-n2nnnc2S[C@H](C)C(=O)Nc2ccccc2)cc1. The molecule has 0 unspecified atom stereocenters. The van der Waals surface area contributed by atoms with Gasteiger partial charge < -0.3 is 10.1 Å². The predicted molar refractivity (Wildman–Crippen MR) is 101 cm³/mol. The number of nitrogens with one attached hydrogen (secondary N) is 1. The highest BCUT2D eigenvalue weighted by Gasteiger charge is 2.19. The van der Waals surface area contributed by atoms with E-state index < -0.39 is 0 Å². The van der Waals surface area contributed by atoms with Crippen LogP contribution in [0, 0.1) is 0 Å². The lowest BCUT2D eigenvalue weighted by molar-refractivity contribution is -0.115. The lowest BCUT2D eigenvalue weighted by Gasteiger charge is -2.12. The Kier molecular flexibility index (Phi) is 5.85. The first-order valence-corrected chi connectivity index (χ1v) is 9.09. The Hall–Kier alpha value is -2.87. The van der Waals surface area contributed by atoms with Crippen LogP contribution in [0.2, 0.25) is 0 Å². The van der Waals surface area contributed by atoms with Crippen LogP contribution in [0.25, 0.3) is 5.69 Å². The van der Waals surface area contributed by atoms with Crippen LogP contribution in [0.3, 0.4) is 0 Å². The summed E-state index contributed by atoms with van der Waals surface area (Å²) in [5.41, 5.74) is 1.56. The minimum atomic E-state index is -0.359. The molecule has 0 aliphatic heterocycles. The van der Waals surface area contributed by atoms with E-state index in [0.717, 1.165) is 17.1 Å². The van der Waals surface area contributed by atoms with Crippen molar-refractivity contribution in [3.8, 4) is 11.4 Å². The Morgan fingerprint density at radius 1 is 1.19 bits per heavy atom. The lowest BCUT2D eigenvalue weighted by atomic mass is 10.3. The summed E-state index contributed by atoms with van der Waals surface area (Å²) in [7, 11) is 0. The van der Waals surface area contributed by atoms with Crippen molar-refractivity contribution in [3.05, 3.63) is 54.6 Å². The smallest absolute Gasteiger partial charge is 0.237 e. The molecule has 1 heterocycles. The molecule has 7 nitrogen and oxygen atoms in total. The normalized spacial score (nSPS) is 11.8. The average Bonchev–Trinajstić information content (AvgIpc) is 3.11. The number of ether oxygens (including phenoxy) is 1. The van der Waals surface area contributed by atoms with Crippen molar-refractivity contribution in [2.24, 2.45) is 0 Å². The number of hydrogen-bond donors (Lipinski definition) is 1. The van der Waals surface area contributed by atoms with E-state index in [0.29, 0.717) is 11.8 Å². The highest BCUT2D eigenvalue weighted by atomic mass is 32.2. The largest absolute Gasteiger partial charge is 0.494 e. The van der Waals surface area contributed by atoms with Gasteiger partial charge in [0.05, 0.1) is 17.5 Å². The first-order valence-electron chi connectivity index (χ1n) is 8.21. The van der Waals surface area contributed by atoms with Crippen molar-refractivity contribution in [3.63, 3.8) is 0 Å². The van der Waals surface area contributed by atoms with Crippen molar-refractivity contribution >= 4 is 23.4 Å². The molecule has 2 aromatic carbocycles. The number of aromatic nitrogens is 4. The Bertz CT molecular complexity index is 852. The van der Waals surface area contributed by atoms with Gasteiger partial charge in [-0.05, 0) is 60.7 Å². The number of carbonyl (C=O) groups is 1. The van der Waals surface area contributed by atoms with Crippen LogP contribution >= 0.6 is 11.8 Å². The van der Waals surface area contributed by atoms with Gasteiger partial charge in [0.1, 0.15) is 5.75 Å². The second kappa shape index (κ2) is 8.48. The first kappa shape index (κ1) is 17.9. The zero-order valence-electron chi connectivity index (χ0n) is 14.5. The molecule has 0 spiro atoms. The third-order valence-electron chi connectivity index (χ3n) is 3.53. The van der Waals surface area contributed by atoms with E-state index in [1.54, 1.807) is 4.68 Å². The maximum absolute atomic E-state index is 12.4. The van der Waals surface area contributed by atoms with E-state index in [4.69, 9.17) is 4.74 Å². The summed E-state index contributed by atoms with van der Waals surface area (Å²) >= 11 is 1.30. The Morgan fingerprint density at radius 2 is 1.92 bits per heavy atom. The number of hydrogen-bond acceptors (Lipinski definition) is 6. The fourth-order valence-corrected chi connectivity index (χ4v) is 3.05. The lowest BCUT2D eigenvalue weighted by Crippen LogP contribution is -2.22. The van der Waals surface area contributed by atoms with Gasteiger partial charge in [-0.25, -0.2) is 0 Å². The molecule has 0 saturated carbocycles. The summed E-state index contributed by atoms with van der Waals surface area (Å²) in [4.78, 5) is 12.4. The van der Waals surface area contributed by atoms with Gasteiger partial charge in [0, 0.05) is 5.69 Å². The number of para-hydroxylation sites is 1. The number of benzene rings is 2. The molecule has 1 N–H and O–H groups in total. The van der Waals surface area contributed by atoms with Crippen molar-refractivity contribution in [2.75, 3.05) is 11.9 Å². The molecule has 0 radical (unpaired) electrons. The molecular formula is C18H19N5O2S. The summed E-state index contributed by atoms with van der Waals surface area (Å²) in [5, 5.41) is 14.9. The maximum Gasteiger partial charge on any atom is 0.237 e. The van der Waals surface area contributed by atoms with E-state index in [-0.39, 0.29) is 11.2 Å². The van der Waals surface area contributed by atoms with E-state index >= 15 is 0 Å². The molecule has 0 bridgehead atoms. The van der Waals surface area contributed by atoms with Gasteiger partial charge in [-0.1, -0.05) is 30.0 Å². The Balaban J connectivity index is 1.69. The van der Waals surface area contributed by atoms with Crippen molar-refractivity contribution in [2.45, 2.75) is 24.3 Å². The minimum Gasteiger partial charge on any atom is -0.494 e. The van der Waals surface area contributed by atoms with Gasteiger partial charge >= 0.3 is 0 Å². The standard InChI is InChI=1S/C18H19N5O2S/c1-3-25-16-11-9-15(10-12-16)23-18(20-21-22-23)26-13(2)17(24)19-14-7-5-4-6-8-14/h4-13H,3H2,1-2H3,(H,19,24)/t13-/m1/s1. The minimum absolute atomic E-state index is 0.109. The van der Waals surface area contributed by atoms with Gasteiger partial charge in [0.2, 0.25) is 11.1 Å². The first-order chi connectivity index (χ1) is 12.7. The molecule has 1 aromatic heterocycles. The monoisotopic (exact) mass is 369 g/mol. The molecule has 134 valence electrons. The molecule has 0 aliphatic carbocycles. The number of carbonyl (C=O) groups excluding carboxylic acids is 1. The molecule has 26 heavy (non-hydrogen) atoms. The maximum atomic E-state index is 12.4. The predicted octanol–water partition coefficient (Wildman–Crippen LogP) is 3.18. The molecule has 8 heteroatoms. The number of amides is 1. The van der Waals surface area contributed by atoms with Crippen molar-refractivity contribution in [1.29, 1.82) is 0 Å². The second-order valence-electron chi connectivity index (χ2n) is 5.42. The Morgan fingerprint density at radius 3 is 2.62 bits per heavy atom. The van der Waals surface area contributed by atoms with E-state index in [1.165, 1.54) is 11.8 Å². The molecule has 0 aliphatic rings. The summed E-state index contributed by atoms with van der Waals surface area (Å²) < 4.78 is 7.05. The zero-order valence-corrected chi connectivity index (χ0v) is 15.3. The van der Waals surface area contributed by atoms with Crippen LogP contribution in [0.15, 0.2) is 59.8 Å². The third-order valence-corrected chi connectivity index (χ3v) is 4.56. The summed E-state index contributed by atoms with van der Waals surface area (Å²) in [6, 6.07) is 16.8. The van der Waals surface area contributed by atoms with Crippen LogP contribution in [0.5, 0.6) is 5.75 Å². The molecule has 3 rings (SSSR count). The van der Waals surface area contributed by atoms with Gasteiger partial charge in [-0.15, -0.1) is 5.10 Å². The van der Waals surface area contributed by atoms with E-state index in [2.05, 4.69) is 20.8 Å². The van der Waals surface area contributed by atoms with Gasteiger partial charge in [0.25, 0.3) is 0 Å². The van der Waals surface area contributed by atoms with E-state index in [9.17, 15) is 4.79 Å². The fourth-order valence-electron chi connectivity index (χ4n) is 2.24. The van der Waals surface area contributed by atoms with Gasteiger partial charge in [0.15, 0.2) is 0 Å². The van der Waals surface area contributed by atoms with Crippen LogP contribution in [-0.2, 0) is 4.79 Å². The van der Waals surface area contributed by atoms with Crippen LogP contribution in [0.1, 0.15) is 13.8 Å². The number of thioether (sulfide) groups is 1. The number of nitrogens with zero attached hydrogens (tertiary/aromatic N) is 4. The average molecular weight is 369 g/mol. The Labute approximate surface area is 155 Å². The van der Waals surface area contributed by atoms with Crippen LogP contribution in [-0.4, -0.2) is 38.0 Å². The molecule has 3 aromatic rings. The molecule has 1 amide bonds. The number of tetrazole rings is 1. The van der Waals surface area contributed by atoms with Gasteiger partial charge in [-0.3, -0.25) is 4.79 Å². The quantitative estimate of drug-likeness (QED) is 0.644. The van der Waals surface area contributed by atoms with Crippen molar-refractivity contribution < 1.29 is 9.53 Å². The highest BCUT2D eigenvalue weighted by Crippen LogP contribution is 2.24. The fraction of sp³-hybridized carbons (Fsp3) is 0.222. The topological polar surface area (TPSA) is 81.9 Å². The van der Waals surface area contributed by atoms with Crippen molar-refractivity contribution in [1.82, 2.24) is 20.2 Å². The van der Waals surface area contributed by atoms with Crippen LogP contribution in [0.4, 0.5) is 5.69 Å². The summed E-state index contributed by atoms with van der Waals surface area (Å²) in [6.07, 6.45) is 0. The second-order valence-corrected chi connectivity index (χ2v) is 6.72. The summed E-state index contributed by atoms with van der Waals surface area (Å²) in [5.74, 6) is 0.677. The van der Waals surface area contributed by atoms with Gasteiger partial charge in [-0.2, -0.15) is 4.68 Å². The molecule has 0 saturated heterocycles. The number of anilines is 1. The summed E-state index contributed by atoms with van der Waals surface area (Å²) in [6.45, 7) is 4.37. The highest BCUT2D eigenvalue weighted by molar-refractivity contribution is 8.00. The molecular weight excluding hydrogens is 350 g/mol. The zero-order chi connectivity index (χ0) is 18.4. The molecule has 1 atom stereocenters.